The SMILES string of the molecule is CCCCCCOC(CN(CC)CC)c1ccc(C2CCCC2)cc1. The van der Waals surface area contributed by atoms with Gasteiger partial charge in [0.15, 0.2) is 0 Å². The van der Waals surface area contributed by atoms with Crippen LogP contribution < -0.4 is 0 Å². The Balaban J connectivity index is 1.96. The van der Waals surface area contributed by atoms with Crippen LogP contribution in [0.1, 0.15) is 95.3 Å². The summed E-state index contributed by atoms with van der Waals surface area (Å²) in [5.74, 6) is 0.797. The highest BCUT2D eigenvalue weighted by Gasteiger charge is 2.19. The third-order valence-electron chi connectivity index (χ3n) is 5.77. The smallest absolute Gasteiger partial charge is 0.0951 e. The molecule has 0 heterocycles. The van der Waals surface area contributed by atoms with Gasteiger partial charge in [0.05, 0.1) is 6.10 Å². The Kier molecular flexibility index (Phi) is 9.57. The molecule has 1 unspecified atom stereocenters. The van der Waals surface area contributed by atoms with Crippen molar-refractivity contribution in [2.24, 2.45) is 0 Å². The molecule has 25 heavy (non-hydrogen) atoms. The molecule has 1 aromatic rings. The molecule has 0 spiro atoms. The topological polar surface area (TPSA) is 12.5 Å². The van der Waals surface area contributed by atoms with Gasteiger partial charge in [-0.25, -0.2) is 0 Å². The molecule has 0 amide bonds. The van der Waals surface area contributed by atoms with E-state index in [9.17, 15) is 0 Å². The van der Waals surface area contributed by atoms with E-state index in [4.69, 9.17) is 4.74 Å². The molecule has 0 aliphatic heterocycles. The molecule has 1 aliphatic carbocycles. The number of rotatable bonds is 12. The fraction of sp³-hybridized carbons (Fsp3) is 0.739. The van der Waals surface area contributed by atoms with Crippen molar-refractivity contribution in [1.82, 2.24) is 4.90 Å². The van der Waals surface area contributed by atoms with Gasteiger partial charge in [0.25, 0.3) is 0 Å². The zero-order valence-corrected chi connectivity index (χ0v) is 16.8. The lowest BCUT2D eigenvalue weighted by atomic mass is 9.95. The predicted octanol–water partition coefficient (Wildman–Crippen LogP) is 6.32. The van der Waals surface area contributed by atoms with Crippen molar-refractivity contribution >= 4 is 0 Å². The highest BCUT2D eigenvalue weighted by molar-refractivity contribution is 5.27. The molecule has 1 atom stereocenters. The number of hydrogen-bond donors (Lipinski definition) is 0. The van der Waals surface area contributed by atoms with Crippen molar-refractivity contribution < 1.29 is 4.74 Å². The van der Waals surface area contributed by atoms with Gasteiger partial charge in [0.1, 0.15) is 0 Å². The van der Waals surface area contributed by atoms with E-state index in [0.29, 0.717) is 0 Å². The van der Waals surface area contributed by atoms with E-state index >= 15 is 0 Å². The van der Waals surface area contributed by atoms with E-state index in [1.54, 1.807) is 0 Å². The molecule has 1 aromatic carbocycles. The first-order chi connectivity index (χ1) is 12.3. The summed E-state index contributed by atoms with van der Waals surface area (Å²) in [6, 6.07) is 9.38. The number of ether oxygens (including phenoxy) is 1. The molecule has 2 nitrogen and oxygen atoms in total. The molecular weight excluding hydrogens is 306 g/mol. The molecule has 1 aliphatic rings. The first-order valence-electron chi connectivity index (χ1n) is 10.7. The average molecular weight is 346 g/mol. The summed E-state index contributed by atoms with van der Waals surface area (Å²) in [5.41, 5.74) is 2.88. The van der Waals surface area contributed by atoms with Crippen LogP contribution in [0.25, 0.3) is 0 Å². The maximum absolute atomic E-state index is 6.33. The van der Waals surface area contributed by atoms with Gasteiger partial charge in [0.2, 0.25) is 0 Å². The van der Waals surface area contributed by atoms with Crippen LogP contribution in [0.5, 0.6) is 0 Å². The quantitative estimate of drug-likeness (QED) is 0.411. The Morgan fingerprint density at radius 2 is 1.64 bits per heavy atom. The number of nitrogens with zero attached hydrogens (tertiary/aromatic N) is 1. The molecule has 0 saturated heterocycles. The lowest BCUT2D eigenvalue weighted by Gasteiger charge is -2.26. The van der Waals surface area contributed by atoms with Crippen LogP contribution in [0.4, 0.5) is 0 Å². The van der Waals surface area contributed by atoms with E-state index < -0.39 is 0 Å². The number of likely N-dealkylation sites (N-methyl/N-ethyl adjacent to an activating group) is 1. The Labute approximate surface area is 156 Å². The second-order valence-electron chi connectivity index (χ2n) is 7.55. The summed E-state index contributed by atoms with van der Waals surface area (Å²) < 4.78 is 6.33. The van der Waals surface area contributed by atoms with Crippen LogP contribution in [0, 0.1) is 0 Å². The number of benzene rings is 1. The third-order valence-corrected chi connectivity index (χ3v) is 5.77. The second kappa shape index (κ2) is 11.7. The zero-order chi connectivity index (χ0) is 17.9. The lowest BCUT2D eigenvalue weighted by Crippen LogP contribution is -2.29. The van der Waals surface area contributed by atoms with Crippen LogP contribution in [0.2, 0.25) is 0 Å². The van der Waals surface area contributed by atoms with Gasteiger partial charge < -0.3 is 9.64 Å². The van der Waals surface area contributed by atoms with Gasteiger partial charge in [0, 0.05) is 13.2 Å². The van der Waals surface area contributed by atoms with Gasteiger partial charge in [-0.2, -0.15) is 0 Å². The van der Waals surface area contributed by atoms with Crippen LogP contribution in [0.15, 0.2) is 24.3 Å². The Morgan fingerprint density at radius 3 is 2.24 bits per heavy atom. The number of hydrogen-bond acceptors (Lipinski definition) is 2. The molecule has 0 bridgehead atoms. The van der Waals surface area contributed by atoms with Crippen LogP contribution in [-0.2, 0) is 4.74 Å². The first kappa shape index (κ1) is 20.5. The minimum atomic E-state index is 0.208. The van der Waals surface area contributed by atoms with Crippen molar-refractivity contribution in [2.75, 3.05) is 26.2 Å². The summed E-state index contributed by atoms with van der Waals surface area (Å²) in [5, 5.41) is 0. The van der Waals surface area contributed by atoms with E-state index in [1.165, 1.54) is 62.5 Å². The summed E-state index contributed by atoms with van der Waals surface area (Å²) in [6.07, 6.45) is 10.8. The predicted molar refractivity (Wildman–Crippen MR) is 108 cm³/mol. The van der Waals surface area contributed by atoms with Crippen molar-refractivity contribution in [2.45, 2.75) is 84.2 Å². The molecule has 2 rings (SSSR count). The molecule has 2 heteroatoms. The van der Waals surface area contributed by atoms with Gasteiger partial charge >= 0.3 is 0 Å². The number of unbranched alkanes of at least 4 members (excludes halogenated alkanes) is 3. The molecular formula is C23H39NO. The summed E-state index contributed by atoms with van der Waals surface area (Å²) in [4.78, 5) is 2.47. The van der Waals surface area contributed by atoms with Crippen molar-refractivity contribution in [3.63, 3.8) is 0 Å². The van der Waals surface area contributed by atoms with E-state index in [1.807, 2.05) is 0 Å². The highest BCUT2D eigenvalue weighted by Crippen LogP contribution is 2.34. The fourth-order valence-corrected chi connectivity index (χ4v) is 3.97. The minimum Gasteiger partial charge on any atom is -0.372 e. The van der Waals surface area contributed by atoms with Crippen molar-refractivity contribution in [1.29, 1.82) is 0 Å². The molecule has 1 saturated carbocycles. The molecule has 1 fully saturated rings. The van der Waals surface area contributed by atoms with Gasteiger partial charge in [-0.15, -0.1) is 0 Å². The van der Waals surface area contributed by atoms with Gasteiger partial charge in [-0.1, -0.05) is 77.1 Å². The fourth-order valence-electron chi connectivity index (χ4n) is 3.97. The maximum Gasteiger partial charge on any atom is 0.0951 e. The first-order valence-corrected chi connectivity index (χ1v) is 10.7. The molecule has 142 valence electrons. The van der Waals surface area contributed by atoms with Gasteiger partial charge in [-0.3, -0.25) is 0 Å². The summed E-state index contributed by atoms with van der Waals surface area (Å²) >= 11 is 0. The Bertz CT molecular complexity index is 446. The van der Waals surface area contributed by atoms with Crippen LogP contribution >= 0.6 is 0 Å². The third kappa shape index (κ3) is 6.75. The van der Waals surface area contributed by atoms with Crippen LogP contribution in [-0.4, -0.2) is 31.1 Å². The van der Waals surface area contributed by atoms with Crippen molar-refractivity contribution in [3.05, 3.63) is 35.4 Å². The van der Waals surface area contributed by atoms with Crippen molar-refractivity contribution in [3.8, 4) is 0 Å². The van der Waals surface area contributed by atoms with E-state index in [-0.39, 0.29) is 6.10 Å². The zero-order valence-electron chi connectivity index (χ0n) is 16.8. The largest absolute Gasteiger partial charge is 0.372 e. The second-order valence-corrected chi connectivity index (χ2v) is 7.55. The maximum atomic E-state index is 6.33. The van der Waals surface area contributed by atoms with E-state index in [2.05, 4.69) is 49.9 Å². The minimum absolute atomic E-state index is 0.208. The highest BCUT2D eigenvalue weighted by atomic mass is 16.5. The summed E-state index contributed by atoms with van der Waals surface area (Å²) in [6.45, 7) is 10.8. The normalized spacial score (nSPS) is 16.6. The Hall–Kier alpha value is -0.860. The standard InChI is InChI=1S/C23H39NO/c1-4-7-8-11-18-25-23(19-24(5-2)6-3)22-16-14-21(15-17-22)20-12-9-10-13-20/h14-17,20,23H,4-13,18-19H2,1-3H3. The van der Waals surface area contributed by atoms with E-state index in [0.717, 1.165) is 32.2 Å². The molecule has 0 radical (unpaired) electrons. The monoisotopic (exact) mass is 345 g/mol. The average Bonchev–Trinajstić information content (AvgIpc) is 3.19. The Morgan fingerprint density at radius 1 is 0.960 bits per heavy atom. The van der Waals surface area contributed by atoms with Gasteiger partial charge in [-0.05, 0) is 49.4 Å². The van der Waals surface area contributed by atoms with Crippen LogP contribution in [0.3, 0.4) is 0 Å². The summed E-state index contributed by atoms with van der Waals surface area (Å²) in [7, 11) is 0. The molecule has 0 aromatic heterocycles. The molecule has 0 N–H and O–H groups in total. The lowest BCUT2D eigenvalue weighted by molar-refractivity contribution is 0.0248.